The van der Waals surface area contributed by atoms with Crippen LogP contribution in [-0.4, -0.2) is 43.7 Å². The molecule has 1 N–H and O–H groups in total. The number of anilines is 1. The number of urea groups is 1. The van der Waals surface area contributed by atoms with Gasteiger partial charge in [-0.15, -0.1) is 0 Å². The Labute approximate surface area is 151 Å². The summed E-state index contributed by atoms with van der Waals surface area (Å²) in [6.45, 7) is 8.46. The number of carbonyl (C=O) groups is 1. The minimum Gasteiger partial charge on any atom is -0.368 e. The zero-order valence-corrected chi connectivity index (χ0v) is 15.7. The fraction of sp³-hybridized carbons (Fsp3) is 0.571. The maximum absolute atomic E-state index is 12.4. The molecule has 1 aliphatic carbocycles. The molecule has 0 bridgehead atoms. The van der Waals surface area contributed by atoms with Crippen molar-refractivity contribution in [1.82, 2.24) is 10.2 Å². The quantitative estimate of drug-likeness (QED) is 0.840. The number of rotatable bonds is 4. The number of aryl methyl sites for hydroxylation is 2. The normalized spacial score (nSPS) is 18.1. The first kappa shape index (κ1) is 17.8. The second-order valence-electron chi connectivity index (χ2n) is 7.33. The van der Waals surface area contributed by atoms with Crippen molar-refractivity contribution in [3.05, 3.63) is 41.0 Å². The van der Waals surface area contributed by atoms with Gasteiger partial charge >= 0.3 is 6.03 Å². The van der Waals surface area contributed by atoms with Crippen molar-refractivity contribution < 1.29 is 4.79 Å². The van der Waals surface area contributed by atoms with Gasteiger partial charge in [0.15, 0.2) is 0 Å². The average molecular weight is 341 g/mol. The van der Waals surface area contributed by atoms with Crippen LogP contribution in [-0.2, 0) is 0 Å². The van der Waals surface area contributed by atoms with E-state index >= 15 is 0 Å². The Morgan fingerprint density at radius 3 is 2.56 bits per heavy atom. The van der Waals surface area contributed by atoms with Crippen molar-refractivity contribution in [2.24, 2.45) is 0 Å². The van der Waals surface area contributed by atoms with E-state index in [1.807, 2.05) is 4.90 Å². The first-order chi connectivity index (χ1) is 12.1. The summed E-state index contributed by atoms with van der Waals surface area (Å²) >= 11 is 0. The molecule has 0 radical (unpaired) electrons. The number of piperazine rings is 1. The zero-order valence-electron chi connectivity index (χ0n) is 15.7. The molecule has 4 heteroatoms. The highest BCUT2D eigenvalue weighted by molar-refractivity contribution is 5.74. The SMILES string of the molecule is Cc1ccc(N2CCN(C(=O)NCCC3=CCCCC3)CC2)cc1C. The van der Waals surface area contributed by atoms with Gasteiger partial charge in [-0.05, 0) is 69.2 Å². The lowest BCUT2D eigenvalue weighted by Crippen LogP contribution is -2.52. The lowest BCUT2D eigenvalue weighted by molar-refractivity contribution is 0.194. The highest BCUT2D eigenvalue weighted by Gasteiger charge is 2.21. The van der Waals surface area contributed by atoms with E-state index < -0.39 is 0 Å². The van der Waals surface area contributed by atoms with E-state index in [9.17, 15) is 4.79 Å². The zero-order chi connectivity index (χ0) is 17.6. The predicted molar refractivity (Wildman–Crippen MR) is 104 cm³/mol. The molecule has 0 atom stereocenters. The molecule has 4 nitrogen and oxygen atoms in total. The molecule has 136 valence electrons. The van der Waals surface area contributed by atoms with Crippen LogP contribution in [0, 0.1) is 13.8 Å². The van der Waals surface area contributed by atoms with Gasteiger partial charge in [0.2, 0.25) is 0 Å². The van der Waals surface area contributed by atoms with Crippen LogP contribution in [0.3, 0.4) is 0 Å². The summed E-state index contributed by atoms with van der Waals surface area (Å²) in [4.78, 5) is 16.7. The summed E-state index contributed by atoms with van der Waals surface area (Å²) in [5.41, 5.74) is 5.45. The first-order valence-electron chi connectivity index (χ1n) is 9.66. The molecule has 1 heterocycles. The summed E-state index contributed by atoms with van der Waals surface area (Å²) in [6, 6.07) is 6.72. The first-order valence-corrected chi connectivity index (χ1v) is 9.66. The molecule has 2 aliphatic rings. The topological polar surface area (TPSA) is 35.6 Å². The number of carbonyl (C=O) groups excluding carboxylic acids is 1. The van der Waals surface area contributed by atoms with Crippen LogP contribution < -0.4 is 10.2 Å². The third kappa shape index (κ3) is 4.77. The summed E-state index contributed by atoms with van der Waals surface area (Å²) in [5, 5.41) is 3.10. The van der Waals surface area contributed by atoms with Crippen LogP contribution in [0.1, 0.15) is 43.2 Å². The third-order valence-electron chi connectivity index (χ3n) is 5.53. The smallest absolute Gasteiger partial charge is 0.317 e. The number of nitrogens with one attached hydrogen (secondary N) is 1. The number of allylic oxidation sites excluding steroid dienone is 1. The number of benzene rings is 1. The molecule has 1 saturated heterocycles. The van der Waals surface area contributed by atoms with Crippen LogP contribution in [0.25, 0.3) is 0 Å². The molecule has 25 heavy (non-hydrogen) atoms. The van der Waals surface area contributed by atoms with Crippen molar-refractivity contribution in [1.29, 1.82) is 0 Å². The number of amides is 2. The molecule has 1 aliphatic heterocycles. The Bertz CT molecular complexity index is 630. The fourth-order valence-corrected chi connectivity index (χ4v) is 3.66. The molecule has 0 aromatic heterocycles. The molecule has 1 aromatic rings. The number of hydrogen-bond acceptors (Lipinski definition) is 2. The third-order valence-corrected chi connectivity index (χ3v) is 5.53. The molecule has 0 spiro atoms. The number of nitrogens with zero attached hydrogens (tertiary/aromatic N) is 2. The molecule has 1 aromatic carbocycles. The van der Waals surface area contributed by atoms with Gasteiger partial charge in [-0.1, -0.05) is 17.7 Å². The largest absolute Gasteiger partial charge is 0.368 e. The minimum absolute atomic E-state index is 0.0937. The highest BCUT2D eigenvalue weighted by atomic mass is 16.2. The van der Waals surface area contributed by atoms with Crippen molar-refractivity contribution in [2.45, 2.75) is 46.0 Å². The molecular formula is C21H31N3O. The van der Waals surface area contributed by atoms with Crippen molar-refractivity contribution in [2.75, 3.05) is 37.6 Å². The Hall–Kier alpha value is -1.97. The molecule has 0 saturated carbocycles. The maximum atomic E-state index is 12.4. The van der Waals surface area contributed by atoms with Crippen molar-refractivity contribution in [3.63, 3.8) is 0 Å². The monoisotopic (exact) mass is 341 g/mol. The fourth-order valence-electron chi connectivity index (χ4n) is 3.66. The van der Waals surface area contributed by atoms with E-state index in [1.54, 1.807) is 0 Å². The van der Waals surface area contributed by atoms with Gasteiger partial charge in [-0.25, -0.2) is 4.79 Å². The van der Waals surface area contributed by atoms with Gasteiger partial charge in [-0.3, -0.25) is 0 Å². The van der Waals surface area contributed by atoms with Gasteiger partial charge < -0.3 is 15.1 Å². The summed E-state index contributed by atoms with van der Waals surface area (Å²) in [6.07, 6.45) is 8.42. The summed E-state index contributed by atoms with van der Waals surface area (Å²) < 4.78 is 0. The molecule has 0 unspecified atom stereocenters. The highest BCUT2D eigenvalue weighted by Crippen LogP contribution is 2.21. The Morgan fingerprint density at radius 1 is 1.08 bits per heavy atom. The van der Waals surface area contributed by atoms with Crippen molar-refractivity contribution in [3.8, 4) is 0 Å². The Kier molecular flexibility index (Phi) is 6.00. The number of hydrogen-bond donors (Lipinski definition) is 1. The summed E-state index contributed by atoms with van der Waals surface area (Å²) in [5.74, 6) is 0. The van der Waals surface area contributed by atoms with Crippen molar-refractivity contribution >= 4 is 11.7 Å². The van der Waals surface area contributed by atoms with Gasteiger partial charge in [0.25, 0.3) is 0 Å². The standard InChI is InChI=1S/C21H31N3O/c1-17-8-9-20(16-18(17)2)23-12-14-24(15-13-23)21(25)22-11-10-19-6-4-3-5-7-19/h6,8-9,16H,3-5,7,10-15H2,1-2H3,(H,22,25). The minimum atomic E-state index is 0.0937. The summed E-state index contributed by atoms with van der Waals surface area (Å²) in [7, 11) is 0. The van der Waals surface area contributed by atoms with E-state index in [0.29, 0.717) is 0 Å². The molecular weight excluding hydrogens is 310 g/mol. The predicted octanol–water partition coefficient (Wildman–Crippen LogP) is 4.03. The van der Waals surface area contributed by atoms with Gasteiger partial charge in [0.1, 0.15) is 0 Å². The van der Waals surface area contributed by atoms with E-state index in [-0.39, 0.29) is 6.03 Å². The van der Waals surface area contributed by atoms with Crippen LogP contribution in [0.5, 0.6) is 0 Å². The maximum Gasteiger partial charge on any atom is 0.317 e. The lowest BCUT2D eigenvalue weighted by Gasteiger charge is -2.36. The van der Waals surface area contributed by atoms with E-state index in [0.717, 1.165) is 39.1 Å². The van der Waals surface area contributed by atoms with Crippen LogP contribution in [0.4, 0.5) is 10.5 Å². The molecule has 1 fully saturated rings. The molecule has 2 amide bonds. The van der Waals surface area contributed by atoms with Crippen LogP contribution in [0.2, 0.25) is 0 Å². The lowest BCUT2D eigenvalue weighted by atomic mass is 9.97. The van der Waals surface area contributed by atoms with E-state index in [2.05, 4.69) is 48.3 Å². The average Bonchev–Trinajstić information content (AvgIpc) is 2.65. The Morgan fingerprint density at radius 2 is 1.88 bits per heavy atom. The second kappa shape index (κ2) is 8.41. The second-order valence-corrected chi connectivity index (χ2v) is 7.33. The van der Waals surface area contributed by atoms with Gasteiger partial charge in [0, 0.05) is 38.4 Å². The van der Waals surface area contributed by atoms with Crippen LogP contribution in [0.15, 0.2) is 29.8 Å². The van der Waals surface area contributed by atoms with E-state index in [4.69, 9.17) is 0 Å². The molecule has 3 rings (SSSR count). The van der Waals surface area contributed by atoms with Crippen LogP contribution >= 0.6 is 0 Å². The van der Waals surface area contributed by atoms with E-state index in [1.165, 1.54) is 48.1 Å². The Balaban J connectivity index is 1.42. The van der Waals surface area contributed by atoms with Gasteiger partial charge in [-0.2, -0.15) is 0 Å². The van der Waals surface area contributed by atoms with Gasteiger partial charge in [0.05, 0.1) is 0 Å².